The zero-order valence-corrected chi connectivity index (χ0v) is 24.3. The van der Waals surface area contributed by atoms with E-state index in [1.807, 2.05) is 6.07 Å². The molecular weight excluding hydrogens is 548 g/mol. The van der Waals surface area contributed by atoms with Gasteiger partial charge < -0.3 is 29.7 Å². The van der Waals surface area contributed by atoms with Gasteiger partial charge in [-0.3, -0.25) is 24.1 Å². The van der Waals surface area contributed by atoms with Crippen molar-refractivity contribution in [2.45, 2.75) is 90.8 Å². The molecule has 1 aromatic rings. The summed E-state index contributed by atoms with van der Waals surface area (Å²) in [5.74, 6) is -2.22. The second kappa shape index (κ2) is 14.9. The molecule has 0 spiro atoms. The fraction of sp³-hybridized carbons (Fsp3) is 0.567. The lowest BCUT2D eigenvalue weighted by molar-refractivity contribution is -0.195. The minimum atomic E-state index is -1.19. The van der Waals surface area contributed by atoms with E-state index in [1.54, 1.807) is 32.9 Å². The molecule has 1 aromatic carbocycles. The quantitative estimate of drug-likeness (QED) is 0.166. The number of rotatable bonds is 14. The van der Waals surface area contributed by atoms with Gasteiger partial charge >= 0.3 is 11.9 Å². The minimum Gasteiger partial charge on any atom is -0.479 e. The van der Waals surface area contributed by atoms with Crippen LogP contribution < -0.4 is 10.1 Å². The van der Waals surface area contributed by atoms with E-state index in [0.29, 0.717) is 24.3 Å². The summed E-state index contributed by atoms with van der Waals surface area (Å²) in [5, 5.41) is 22.3. The first-order chi connectivity index (χ1) is 19.8. The Morgan fingerprint density at radius 3 is 2.45 bits per heavy atom. The number of unbranched alkanes of at least 4 members (excludes halogenated alkanes) is 2. The van der Waals surface area contributed by atoms with Crippen molar-refractivity contribution in [2.24, 2.45) is 5.41 Å². The van der Waals surface area contributed by atoms with E-state index in [9.17, 15) is 34.2 Å². The number of carbonyl (C=O) groups is 5. The summed E-state index contributed by atoms with van der Waals surface area (Å²) in [4.78, 5) is 59.9. The molecule has 1 saturated heterocycles. The van der Waals surface area contributed by atoms with Crippen LogP contribution in [0.1, 0.15) is 70.4 Å². The SMILES string of the molecule is CC(C)(C)C(=O)OCc1ccc(CCCCCNC(=O)CCN2C(=O)C=CC2=O)cc1OC1CC(O)CC(C(=O)O)O1. The summed E-state index contributed by atoms with van der Waals surface area (Å²) in [7, 11) is 0. The Labute approximate surface area is 245 Å². The maximum atomic E-state index is 12.3. The molecule has 12 nitrogen and oxygen atoms in total. The fourth-order valence-electron chi connectivity index (χ4n) is 4.39. The fourth-order valence-corrected chi connectivity index (χ4v) is 4.39. The Bertz CT molecular complexity index is 1170. The number of nitrogens with zero attached hydrogens (tertiary/aromatic N) is 1. The van der Waals surface area contributed by atoms with Crippen molar-refractivity contribution in [1.82, 2.24) is 10.2 Å². The Morgan fingerprint density at radius 1 is 1.07 bits per heavy atom. The lowest BCUT2D eigenvalue weighted by Crippen LogP contribution is -2.42. The van der Waals surface area contributed by atoms with Gasteiger partial charge in [0.15, 0.2) is 6.10 Å². The number of benzene rings is 1. The van der Waals surface area contributed by atoms with E-state index in [2.05, 4.69) is 5.32 Å². The molecule has 0 saturated carbocycles. The molecule has 230 valence electrons. The highest BCUT2D eigenvalue weighted by molar-refractivity contribution is 6.13. The summed E-state index contributed by atoms with van der Waals surface area (Å²) in [5.41, 5.74) is 0.845. The van der Waals surface area contributed by atoms with Gasteiger partial charge in [-0.25, -0.2) is 4.79 Å². The number of aliphatic hydroxyl groups is 1. The van der Waals surface area contributed by atoms with Crippen LogP contribution >= 0.6 is 0 Å². The van der Waals surface area contributed by atoms with Crippen LogP contribution in [0.25, 0.3) is 0 Å². The van der Waals surface area contributed by atoms with Gasteiger partial charge in [0.25, 0.3) is 11.8 Å². The van der Waals surface area contributed by atoms with Crippen LogP contribution in [0.15, 0.2) is 30.4 Å². The van der Waals surface area contributed by atoms with Gasteiger partial charge in [0.05, 0.1) is 11.5 Å². The molecule has 12 heteroatoms. The third-order valence-electron chi connectivity index (χ3n) is 6.83. The maximum absolute atomic E-state index is 12.3. The Balaban J connectivity index is 1.50. The monoisotopic (exact) mass is 588 g/mol. The predicted octanol–water partition coefficient (Wildman–Crippen LogP) is 2.25. The van der Waals surface area contributed by atoms with Gasteiger partial charge in [-0.15, -0.1) is 0 Å². The van der Waals surface area contributed by atoms with Crippen molar-refractivity contribution >= 4 is 29.7 Å². The number of aryl methyl sites for hydroxylation is 1. The van der Waals surface area contributed by atoms with Gasteiger partial charge in [0.2, 0.25) is 12.2 Å². The van der Waals surface area contributed by atoms with Gasteiger partial charge in [-0.05, 0) is 51.7 Å². The number of aliphatic hydroxyl groups excluding tert-OH is 1. The number of aliphatic carboxylic acids is 1. The molecule has 0 aliphatic carbocycles. The first-order valence-corrected chi connectivity index (χ1v) is 14.2. The van der Waals surface area contributed by atoms with Crippen LogP contribution in [0.3, 0.4) is 0 Å². The highest BCUT2D eigenvalue weighted by Gasteiger charge is 2.34. The van der Waals surface area contributed by atoms with Gasteiger partial charge in [0, 0.05) is 50.1 Å². The molecular formula is C30H40N2O10. The first kappa shape index (κ1) is 32.7. The highest BCUT2D eigenvalue weighted by Crippen LogP contribution is 2.29. The summed E-state index contributed by atoms with van der Waals surface area (Å²) in [6.07, 6.45) is 2.52. The van der Waals surface area contributed by atoms with Crippen LogP contribution in [-0.4, -0.2) is 76.4 Å². The van der Waals surface area contributed by atoms with Crippen LogP contribution in [-0.2, 0) is 46.5 Å². The number of amides is 3. The predicted molar refractivity (Wildman–Crippen MR) is 149 cm³/mol. The second-order valence-electron chi connectivity index (χ2n) is 11.5. The van der Waals surface area contributed by atoms with E-state index < -0.39 is 41.7 Å². The van der Waals surface area contributed by atoms with Crippen LogP contribution in [0, 0.1) is 5.41 Å². The molecule has 2 aliphatic rings. The average Bonchev–Trinajstić information content (AvgIpc) is 3.24. The molecule has 0 aromatic heterocycles. The van der Waals surface area contributed by atoms with E-state index in [0.717, 1.165) is 29.7 Å². The number of hydrogen-bond donors (Lipinski definition) is 3. The minimum absolute atomic E-state index is 0.0268. The number of ether oxygens (including phenoxy) is 3. The zero-order valence-electron chi connectivity index (χ0n) is 24.3. The van der Waals surface area contributed by atoms with Gasteiger partial charge in [-0.1, -0.05) is 18.6 Å². The molecule has 42 heavy (non-hydrogen) atoms. The standard InChI is InChI=1S/C30H40N2O10/c1-30(2,3)29(39)40-18-20-9-8-19(15-22(20)41-27-17-21(33)16-23(42-27)28(37)38)7-5-4-6-13-31-24(34)12-14-32-25(35)10-11-26(32)36/h8-11,15,21,23,27,33H,4-7,12-14,16-18H2,1-3H3,(H,31,34)(H,37,38). The van der Waals surface area contributed by atoms with Crippen molar-refractivity contribution in [3.63, 3.8) is 0 Å². The van der Waals surface area contributed by atoms with Gasteiger partial charge in [-0.2, -0.15) is 0 Å². The Kier molecular flexibility index (Phi) is 11.6. The summed E-state index contributed by atoms with van der Waals surface area (Å²) >= 11 is 0. The molecule has 3 N–H and O–H groups in total. The molecule has 3 atom stereocenters. The lowest BCUT2D eigenvalue weighted by Gasteiger charge is -2.31. The van der Waals surface area contributed by atoms with E-state index >= 15 is 0 Å². The highest BCUT2D eigenvalue weighted by atomic mass is 16.7. The third kappa shape index (κ3) is 9.95. The molecule has 0 radical (unpaired) electrons. The lowest BCUT2D eigenvalue weighted by atomic mass is 9.97. The molecule has 3 unspecified atom stereocenters. The number of nitrogens with one attached hydrogen (secondary N) is 1. The Morgan fingerprint density at radius 2 is 1.79 bits per heavy atom. The normalized spacial score (nSPS) is 20.5. The second-order valence-corrected chi connectivity index (χ2v) is 11.5. The van der Waals surface area contributed by atoms with Crippen molar-refractivity contribution in [2.75, 3.05) is 13.1 Å². The topological polar surface area (TPSA) is 169 Å². The number of hydrogen-bond acceptors (Lipinski definition) is 9. The summed E-state index contributed by atoms with van der Waals surface area (Å²) < 4.78 is 17.0. The van der Waals surface area contributed by atoms with E-state index in [4.69, 9.17) is 14.2 Å². The van der Waals surface area contributed by atoms with Crippen molar-refractivity contribution in [1.29, 1.82) is 0 Å². The molecule has 2 heterocycles. The van der Waals surface area contributed by atoms with Crippen molar-refractivity contribution in [3.05, 3.63) is 41.5 Å². The first-order valence-electron chi connectivity index (χ1n) is 14.2. The van der Waals surface area contributed by atoms with Crippen molar-refractivity contribution in [3.8, 4) is 5.75 Å². The number of carboxylic acids is 1. The Hall–Kier alpha value is -3.77. The van der Waals surface area contributed by atoms with E-state index in [-0.39, 0.29) is 44.3 Å². The molecule has 0 bridgehead atoms. The number of carbonyl (C=O) groups excluding carboxylic acids is 4. The number of carboxylic acid groups (broad SMARTS) is 1. The molecule has 2 aliphatic heterocycles. The smallest absolute Gasteiger partial charge is 0.333 e. The zero-order chi connectivity index (χ0) is 30.9. The third-order valence-corrected chi connectivity index (χ3v) is 6.83. The van der Waals surface area contributed by atoms with Crippen molar-refractivity contribution < 1.29 is 48.4 Å². The van der Waals surface area contributed by atoms with Crippen LogP contribution in [0.5, 0.6) is 5.75 Å². The van der Waals surface area contributed by atoms with Crippen LogP contribution in [0.4, 0.5) is 0 Å². The maximum Gasteiger partial charge on any atom is 0.333 e. The largest absolute Gasteiger partial charge is 0.479 e. The van der Waals surface area contributed by atoms with Crippen LogP contribution in [0.2, 0.25) is 0 Å². The van der Waals surface area contributed by atoms with E-state index in [1.165, 1.54) is 12.2 Å². The summed E-state index contributed by atoms with van der Waals surface area (Å²) in [6.45, 7) is 5.73. The molecule has 3 rings (SSSR count). The molecule has 3 amide bonds. The van der Waals surface area contributed by atoms with Gasteiger partial charge in [0.1, 0.15) is 12.4 Å². The number of imide groups is 1. The number of esters is 1. The molecule has 1 fully saturated rings. The summed E-state index contributed by atoms with van der Waals surface area (Å²) in [6, 6.07) is 5.50. The average molecular weight is 589 g/mol.